The summed E-state index contributed by atoms with van der Waals surface area (Å²) in [6.45, 7) is 5.92. The average molecular weight is 249 g/mol. The van der Waals surface area contributed by atoms with E-state index in [0.717, 1.165) is 6.92 Å². The Balaban J connectivity index is 2.39. The molecule has 0 aliphatic heterocycles. The fraction of sp³-hybridized carbons (Fsp3) is 0.818. The van der Waals surface area contributed by atoms with E-state index < -0.39 is 35.2 Å². The van der Waals surface area contributed by atoms with Gasteiger partial charge in [-0.1, -0.05) is 0 Å². The third-order valence-corrected chi connectivity index (χ3v) is 2.51. The van der Waals surface area contributed by atoms with Crippen LogP contribution in [0.2, 0.25) is 0 Å². The van der Waals surface area contributed by atoms with Crippen molar-refractivity contribution in [2.24, 2.45) is 11.8 Å². The van der Waals surface area contributed by atoms with E-state index in [1.54, 1.807) is 20.8 Å². The van der Waals surface area contributed by atoms with Crippen molar-refractivity contribution in [3.8, 4) is 0 Å². The van der Waals surface area contributed by atoms with Gasteiger partial charge in [-0.2, -0.15) is 0 Å². The number of alkyl halides is 2. The molecule has 0 radical (unpaired) electrons. The Morgan fingerprint density at radius 2 is 1.88 bits per heavy atom. The van der Waals surface area contributed by atoms with E-state index in [-0.39, 0.29) is 6.54 Å². The van der Waals surface area contributed by atoms with Crippen LogP contribution in [0.5, 0.6) is 0 Å². The number of amides is 1. The minimum absolute atomic E-state index is 0.244. The van der Waals surface area contributed by atoms with Crippen molar-refractivity contribution in [1.82, 2.24) is 5.32 Å². The maximum Gasteiger partial charge on any atom is 0.407 e. The SMILES string of the molecule is CC(=O)[C@@H]1[C@H](CNC(=O)OC(C)(C)C)C1(F)F. The third kappa shape index (κ3) is 3.38. The molecule has 0 spiro atoms. The molecule has 1 aliphatic rings. The van der Waals surface area contributed by atoms with E-state index in [0.29, 0.717) is 0 Å². The monoisotopic (exact) mass is 249 g/mol. The van der Waals surface area contributed by atoms with Gasteiger partial charge in [0.1, 0.15) is 11.4 Å². The molecule has 0 saturated heterocycles. The Labute approximate surface area is 98.7 Å². The lowest BCUT2D eigenvalue weighted by Crippen LogP contribution is -2.34. The smallest absolute Gasteiger partial charge is 0.407 e. The predicted molar refractivity (Wildman–Crippen MR) is 56.8 cm³/mol. The molecule has 0 aromatic heterocycles. The van der Waals surface area contributed by atoms with Gasteiger partial charge in [-0.3, -0.25) is 4.79 Å². The molecule has 98 valence electrons. The highest BCUT2D eigenvalue weighted by Gasteiger charge is 2.70. The van der Waals surface area contributed by atoms with E-state index in [4.69, 9.17) is 4.74 Å². The molecule has 17 heavy (non-hydrogen) atoms. The third-order valence-electron chi connectivity index (χ3n) is 2.51. The highest BCUT2D eigenvalue weighted by molar-refractivity contribution is 5.83. The maximum atomic E-state index is 13.1. The minimum atomic E-state index is -3.00. The van der Waals surface area contributed by atoms with Gasteiger partial charge in [0.05, 0.1) is 11.8 Å². The molecule has 0 unspecified atom stereocenters. The second-order valence-electron chi connectivity index (χ2n) is 5.25. The molecule has 1 N–H and O–H groups in total. The quantitative estimate of drug-likeness (QED) is 0.832. The molecule has 4 nitrogen and oxygen atoms in total. The molecule has 1 aliphatic carbocycles. The first kappa shape index (κ1) is 13.9. The minimum Gasteiger partial charge on any atom is -0.444 e. The fourth-order valence-electron chi connectivity index (χ4n) is 1.71. The Kier molecular flexibility index (Phi) is 3.45. The summed E-state index contributed by atoms with van der Waals surface area (Å²) >= 11 is 0. The summed E-state index contributed by atoms with van der Waals surface area (Å²) < 4.78 is 31.1. The molecular weight excluding hydrogens is 232 g/mol. The molecule has 0 aromatic carbocycles. The van der Waals surface area contributed by atoms with E-state index in [9.17, 15) is 18.4 Å². The van der Waals surface area contributed by atoms with Crippen molar-refractivity contribution in [3.63, 3.8) is 0 Å². The van der Waals surface area contributed by atoms with Crippen LogP contribution in [0.3, 0.4) is 0 Å². The number of hydrogen-bond donors (Lipinski definition) is 1. The summed E-state index contributed by atoms with van der Waals surface area (Å²) in [7, 11) is 0. The van der Waals surface area contributed by atoms with Gasteiger partial charge >= 0.3 is 6.09 Å². The standard InChI is InChI=1S/C11H17F2NO3/c1-6(15)8-7(11(8,12)13)5-14-9(16)17-10(2,3)4/h7-8H,5H2,1-4H3,(H,14,16)/t7-,8+/m0/s1. The van der Waals surface area contributed by atoms with E-state index in [2.05, 4.69) is 5.32 Å². The van der Waals surface area contributed by atoms with Crippen LogP contribution < -0.4 is 5.32 Å². The number of alkyl carbamates (subject to hydrolysis) is 1. The summed E-state index contributed by atoms with van der Waals surface area (Å²) in [4.78, 5) is 22.1. The molecule has 1 saturated carbocycles. The summed E-state index contributed by atoms with van der Waals surface area (Å²) in [6, 6.07) is 0. The van der Waals surface area contributed by atoms with Crippen LogP contribution in [-0.2, 0) is 9.53 Å². The molecule has 2 atom stereocenters. The van der Waals surface area contributed by atoms with Gasteiger partial charge in [0.2, 0.25) is 0 Å². The lowest BCUT2D eigenvalue weighted by Gasteiger charge is -2.19. The number of carbonyl (C=O) groups is 2. The molecule has 1 rings (SSSR count). The van der Waals surface area contributed by atoms with Gasteiger partial charge in [-0.05, 0) is 27.7 Å². The predicted octanol–water partition coefficient (Wildman–Crippen LogP) is 1.98. The highest BCUT2D eigenvalue weighted by atomic mass is 19.3. The van der Waals surface area contributed by atoms with Gasteiger partial charge < -0.3 is 10.1 Å². The molecule has 1 amide bonds. The number of carbonyl (C=O) groups excluding carboxylic acids is 2. The molecular formula is C11H17F2NO3. The number of hydrogen-bond acceptors (Lipinski definition) is 3. The number of halogens is 2. The molecule has 0 aromatic rings. The number of nitrogens with one attached hydrogen (secondary N) is 1. The average Bonchev–Trinajstić information content (AvgIpc) is 2.61. The Morgan fingerprint density at radius 3 is 2.24 bits per heavy atom. The summed E-state index contributed by atoms with van der Waals surface area (Å²) in [5.74, 6) is -5.92. The van der Waals surface area contributed by atoms with Gasteiger partial charge in [0.25, 0.3) is 5.92 Å². The number of ether oxygens (including phenoxy) is 1. The van der Waals surface area contributed by atoms with Crippen molar-refractivity contribution in [3.05, 3.63) is 0 Å². The van der Waals surface area contributed by atoms with E-state index in [1.165, 1.54) is 0 Å². The number of ketones is 1. The number of rotatable bonds is 3. The van der Waals surface area contributed by atoms with Crippen LogP contribution in [0.1, 0.15) is 27.7 Å². The van der Waals surface area contributed by atoms with Crippen molar-refractivity contribution in [1.29, 1.82) is 0 Å². The van der Waals surface area contributed by atoms with Crippen LogP contribution >= 0.6 is 0 Å². The van der Waals surface area contributed by atoms with Gasteiger partial charge in [0.15, 0.2) is 0 Å². The van der Waals surface area contributed by atoms with Crippen molar-refractivity contribution < 1.29 is 23.1 Å². The first-order valence-electron chi connectivity index (χ1n) is 5.41. The van der Waals surface area contributed by atoms with Gasteiger partial charge in [-0.25, -0.2) is 13.6 Å². The first-order valence-corrected chi connectivity index (χ1v) is 5.41. The maximum absolute atomic E-state index is 13.1. The Morgan fingerprint density at radius 1 is 1.35 bits per heavy atom. The molecule has 1 fully saturated rings. The normalized spacial score (nSPS) is 26.2. The zero-order valence-corrected chi connectivity index (χ0v) is 10.3. The summed E-state index contributed by atoms with van der Waals surface area (Å²) in [5, 5.41) is 2.25. The van der Waals surface area contributed by atoms with Crippen LogP contribution in [-0.4, -0.2) is 29.9 Å². The van der Waals surface area contributed by atoms with Gasteiger partial charge in [-0.15, -0.1) is 0 Å². The Hall–Kier alpha value is -1.20. The van der Waals surface area contributed by atoms with Crippen LogP contribution in [0.25, 0.3) is 0 Å². The fourth-order valence-corrected chi connectivity index (χ4v) is 1.71. The topological polar surface area (TPSA) is 55.4 Å². The second kappa shape index (κ2) is 4.23. The molecule has 6 heteroatoms. The first-order chi connectivity index (χ1) is 7.55. The van der Waals surface area contributed by atoms with Crippen LogP contribution in [0.15, 0.2) is 0 Å². The summed E-state index contributed by atoms with van der Waals surface area (Å²) in [6.07, 6.45) is -0.748. The number of Topliss-reactive ketones (excluding diaryl/α,β-unsaturated/α-hetero) is 1. The van der Waals surface area contributed by atoms with Crippen molar-refractivity contribution in [2.45, 2.75) is 39.2 Å². The lowest BCUT2D eigenvalue weighted by atomic mass is 10.2. The van der Waals surface area contributed by atoms with Crippen LogP contribution in [0.4, 0.5) is 13.6 Å². The van der Waals surface area contributed by atoms with Crippen molar-refractivity contribution >= 4 is 11.9 Å². The largest absolute Gasteiger partial charge is 0.444 e. The summed E-state index contributed by atoms with van der Waals surface area (Å²) in [5.41, 5.74) is -0.671. The zero-order chi connectivity index (χ0) is 13.4. The van der Waals surface area contributed by atoms with Crippen LogP contribution in [0, 0.1) is 11.8 Å². The second-order valence-corrected chi connectivity index (χ2v) is 5.25. The Bertz CT molecular complexity index is 336. The molecule has 0 heterocycles. The lowest BCUT2D eigenvalue weighted by molar-refractivity contribution is -0.120. The van der Waals surface area contributed by atoms with Crippen molar-refractivity contribution in [2.75, 3.05) is 6.54 Å². The van der Waals surface area contributed by atoms with Gasteiger partial charge in [0, 0.05) is 6.54 Å². The van der Waals surface area contributed by atoms with E-state index >= 15 is 0 Å². The highest BCUT2D eigenvalue weighted by Crippen LogP contribution is 2.55. The van der Waals surface area contributed by atoms with E-state index in [1.807, 2.05) is 0 Å². The molecule has 0 bridgehead atoms. The zero-order valence-electron chi connectivity index (χ0n) is 10.3.